The maximum atomic E-state index is 6.39. The van der Waals surface area contributed by atoms with Crippen LogP contribution in [0.5, 0.6) is 0 Å². The van der Waals surface area contributed by atoms with Crippen molar-refractivity contribution in [2.75, 3.05) is 0 Å². The first-order valence-corrected chi connectivity index (χ1v) is 9.41. The minimum Gasteiger partial charge on any atom is -0.364 e. The molecule has 0 unspecified atom stereocenters. The summed E-state index contributed by atoms with van der Waals surface area (Å²) >= 11 is 8.03. The standard InChI is InChI=1S/C17H17ClN4OS/c18-15-8-4-3-7-14(15)16-19-20-17(22(16)13-5-1-2-6-13)24-11-12-9-10-23-21-12/h3-4,7-10,13H,1-2,5-6,11H2. The second kappa shape index (κ2) is 6.99. The summed E-state index contributed by atoms with van der Waals surface area (Å²) < 4.78 is 7.16. The Labute approximate surface area is 149 Å². The summed E-state index contributed by atoms with van der Waals surface area (Å²) in [5.41, 5.74) is 1.84. The van der Waals surface area contributed by atoms with E-state index in [2.05, 4.69) is 19.9 Å². The SMILES string of the molecule is Clc1ccccc1-c1nnc(SCc2ccon2)n1C1CCCC1. The summed E-state index contributed by atoms with van der Waals surface area (Å²) in [4.78, 5) is 0. The van der Waals surface area contributed by atoms with Gasteiger partial charge in [-0.1, -0.05) is 53.5 Å². The van der Waals surface area contributed by atoms with Crippen LogP contribution in [0.4, 0.5) is 0 Å². The molecular formula is C17H17ClN4OS. The molecule has 0 spiro atoms. The predicted octanol–water partition coefficient (Wildman–Crippen LogP) is 4.99. The van der Waals surface area contributed by atoms with E-state index >= 15 is 0 Å². The molecule has 1 aliphatic carbocycles. The Hall–Kier alpha value is -1.79. The van der Waals surface area contributed by atoms with E-state index < -0.39 is 0 Å². The third-order valence-corrected chi connectivity index (χ3v) is 5.62. The molecule has 1 aromatic carbocycles. The molecule has 4 rings (SSSR count). The molecule has 124 valence electrons. The fourth-order valence-corrected chi connectivity index (χ4v) is 4.26. The fourth-order valence-electron chi connectivity index (χ4n) is 3.14. The van der Waals surface area contributed by atoms with Gasteiger partial charge in [-0.3, -0.25) is 4.57 Å². The number of aromatic nitrogens is 4. The van der Waals surface area contributed by atoms with Crippen LogP contribution in [-0.4, -0.2) is 19.9 Å². The quantitative estimate of drug-likeness (QED) is 0.599. The van der Waals surface area contributed by atoms with Gasteiger partial charge >= 0.3 is 0 Å². The topological polar surface area (TPSA) is 56.7 Å². The van der Waals surface area contributed by atoms with Crippen molar-refractivity contribution in [1.29, 1.82) is 0 Å². The molecule has 0 atom stereocenters. The summed E-state index contributed by atoms with van der Waals surface area (Å²) in [6, 6.07) is 10.1. The Balaban J connectivity index is 1.70. The highest BCUT2D eigenvalue weighted by Gasteiger charge is 2.25. The van der Waals surface area contributed by atoms with Crippen molar-refractivity contribution in [3.8, 4) is 11.4 Å². The Bertz CT molecular complexity index is 812. The molecule has 5 nitrogen and oxygen atoms in total. The normalized spacial score (nSPS) is 15.2. The van der Waals surface area contributed by atoms with Gasteiger partial charge in [0.1, 0.15) is 6.26 Å². The summed E-state index contributed by atoms with van der Waals surface area (Å²) in [5, 5.41) is 14.5. The van der Waals surface area contributed by atoms with Gasteiger partial charge in [0.25, 0.3) is 0 Å². The second-order valence-electron chi connectivity index (χ2n) is 5.87. The lowest BCUT2D eigenvalue weighted by atomic mass is 10.2. The maximum Gasteiger partial charge on any atom is 0.192 e. The molecule has 1 fully saturated rings. The van der Waals surface area contributed by atoms with E-state index in [4.69, 9.17) is 16.1 Å². The van der Waals surface area contributed by atoms with Gasteiger partial charge in [-0.05, 0) is 25.0 Å². The molecule has 2 aromatic heterocycles. The predicted molar refractivity (Wildman–Crippen MR) is 94.0 cm³/mol. The zero-order valence-corrected chi connectivity index (χ0v) is 14.6. The van der Waals surface area contributed by atoms with Gasteiger partial charge in [0.15, 0.2) is 11.0 Å². The molecule has 3 aromatic rings. The van der Waals surface area contributed by atoms with Crippen molar-refractivity contribution in [1.82, 2.24) is 19.9 Å². The van der Waals surface area contributed by atoms with Crippen LogP contribution in [0.2, 0.25) is 5.02 Å². The molecule has 0 radical (unpaired) electrons. The lowest BCUT2D eigenvalue weighted by Crippen LogP contribution is -2.08. The number of nitrogens with zero attached hydrogens (tertiary/aromatic N) is 4. The minimum atomic E-state index is 0.436. The molecule has 0 N–H and O–H groups in total. The zero-order valence-electron chi connectivity index (χ0n) is 13.1. The average molecular weight is 361 g/mol. The van der Waals surface area contributed by atoms with E-state index in [1.165, 1.54) is 12.8 Å². The van der Waals surface area contributed by atoms with Crippen molar-refractivity contribution in [3.63, 3.8) is 0 Å². The Morgan fingerprint density at radius 2 is 2.00 bits per heavy atom. The number of thioether (sulfide) groups is 1. The Morgan fingerprint density at radius 3 is 2.75 bits per heavy atom. The van der Waals surface area contributed by atoms with Crippen LogP contribution in [-0.2, 0) is 5.75 Å². The van der Waals surface area contributed by atoms with E-state index in [9.17, 15) is 0 Å². The number of rotatable bonds is 5. The van der Waals surface area contributed by atoms with Gasteiger partial charge in [0.05, 0.1) is 10.7 Å². The van der Waals surface area contributed by atoms with Crippen molar-refractivity contribution in [2.45, 2.75) is 42.6 Å². The lowest BCUT2D eigenvalue weighted by Gasteiger charge is -2.17. The largest absolute Gasteiger partial charge is 0.364 e. The van der Waals surface area contributed by atoms with Crippen molar-refractivity contribution in [2.24, 2.45) is 0 Å². The van der Waals surface area contributed by atoms with Crippen LogP contribution in [0, 0.1) is 0 Å². The van der Waals surface area contributed by atoms with Crippen molar-refractivity contribution < 1.29 is 4.52 Å². The monoisotopic (exact) mass is 360 g/mol. The summed E-state index contributed by atoms with van der Waals surface area (Å²) in [5.74, 6) is 1.57. The molecule has 0 aliphatic heterocycles. The molecule has 24 heavy (non-hydrogen) atoms. The Morgan fingerprint density at radius 1 is 1.17 bits per heavy atom. The molecule has 1 saturated carbocycles. The van der Waals surface area contributed by atoms with E-state index in [0.29, 0.717) is 16.8 Å². The van der Waals surface area contributed by atoms with E-state index in [0.717, 1.165) is 35.1 Å². The number of hydrogen-bond donors (Lipinski definition) is 0. The summed E-state index contributed by atoms with van der Waals surface area (Å²) in [6.07, 6.45) is 6.41. The first-order chi connectivity index (χ1) is 11.8. The van der Waals surface area contributed by atoms with E-state index in [1.807, 2.05) is 30.3 Å². The van der Waals surface area contributed by atoms with Crippen molar-refractivity contribution in [3.05, 3.63) is 47.3 Å². The number of hydrogen-bond acceptors (Lipinski definition) is 5. The third kappa shape index (κ3) is 3.08. The van der Waals surface area contributed by atoms with Crippen LogP contribution in [0.1, 0.15) is 37.4 Å². The van der Waals surface area contributed by atoms with Crippen LogP contribution in [0.3, 0.4) is 0 Å². The summed E-state index contributed by atoms with van der Waals surface area (Å²) in [6.45, 7) is 0. The van der Waals surface area contributed by atoms with Gasteiger partial charge < -0.3 is 4.52 Å². The minimum absolute atomic E-state index is 0.436. The van der Waals surface area contributed by atoms with E-state index in [-0.39, 0.29) is 0 Å². The van der Waals surface area contributed by atoms with E-state index in [1.54, 1.807) is 18.0 Å². The van der Waals surface area contributed by atoms with Gasteiger partial charge in [0.2, 0.25) is 0 Å². The van der Waals surface area contributed by atoms with Crippen LogP contribution in [0.15, 0.2) is 46.3 Å². The third-order valence-electron chi connectivity index (χ3n) is 4.31. The average Bonchev–Trinajstić information content (AvgIpc) is 3.34. The zero-order chi connectivity index (χ0) is 16.4. The second-order valence-corrected chi connectivity index (χ2v) is 7.22. The smallest absolute Gasteiger partial charge is 0.192 e. The molecule has 0 saturated heterocycles. The van der Waals surface area contributed by atoms with Gasteiger partial charge in [-0.15, -0.1) is 10.2 Å². The highest BCUT2D eigenvalue weighted by Crippen LogP contribution is 2.38. The first kappa shape index (κ1) is 15.7. The summed E-state index contributed by atoms with van der Waals surface area (Å²) in [7, 11) is 0. The van der Waals surface area contributed by atoms with Gasteiger partial charge in [-0.25, -0.2) is 0 Å². The van der Waals surface area contributed by atoms with Crippen LogP contribution < -0.4 is 0 Å². The highest BCUT2D eigenvalue weighted by molar-refractivity contribution is 7.98. The maximum absolute atomic E-state index is 6.39. The molecule has 1 aliphatic rings. The van der Waals surface area contributed by atoms with Gasteiger partial charge in [-0.2, -0.15) is 0 Å². The van der Waals surface area contributed by atoms with Crippen molar-refractivity contribution >= 4 is 23.4 Å². The highest BCUT2D eigenvalue weighted by atomic mass is 35.5. The first-order valence-electron chi connectivity index (χ1n) is 8.05. The molecule has 7 heteroatoms. The molecule has 0 bridgehead atoms. The molecule has 2 heterocycles. The van der Waals surface area contributed by atoms with Crippen LogP contribution >= 0.6 is 23.4 Å². The number of halogens is 1. The number of benzene rings is 1. The van der Waals surface area contributed by atoms with Gasteiger partial charge in [0, 0.05) is 23.4 Å². The molecular weight excluding hydrogens is 344 g/mol. The molecule has 0 amide bonds. The Kier molecular flexibility index (Phi) is 4.58. The lowest BCUT2D eigenvalue weighted by molar-refractivity contribution is 0.414. The van der Waals surface area contributed by atoms with Crippen LogP contribution in [0.25, 0.3) is 11.4 Å². The fraction of sp³-hybridized carbons (Fsp3) is 0.353.